The summed E-state index contributed by atoms with van der Waals surface area (Å²) in [6.45, 7) is 6.17. The predicted octanol–water partition coefficient (Wildman–Crippen LogP) is 1.41. The van der Waals surface area contributed by atoms with Crippen molar-refractivity contribution in [3.05, 3.63) is 35.5 Å². The van der Waals surface area contributed by atoms with E-state index in [-0.39, 0.29) is 75.5 Å². The Balaban J connectivity index is 1.31. The minimum absolute atomic E-state index is 0.0382. The van der Waals surface area contributed by atoms with Crippen molar-refractivity contribution in [3.63, 3.8) is 0 Å². The number of aryl methyl sites for hydroxylation is 1. The molecule has 5 rings (SSSR count). The van der Waals surface area contributed by atoms with E-state index >= 15 is 0 Å². The highest BCUT2D eigenvalue weighted by Gasteiger charge is 2.38. The summed E-state index contributed by atoms with van der Waals surface area (Å²) in [6.07, 6.45) is 1.29. The molecule has 0 radical (unpaired) electrons. The van der Waals surface area contributed by atoms with Crippen molar-refractivity contribution in [1.29, 1.82) is 0 Å². The summed E-state index contributed by atoms with van der Waals surface area (Å²) in [7, 11) is 0. The zero-order valence-corrected chi connectivity index (χ0v) is 27.3. The number of aliphatic carboxylic acids is 1. The maximum Gasteiger partial charge on any atom is 0.409 e. The number of carbonyl (C=O) groups is 6. The molecule has 3 aliphatic rings. The maximum absolute atomic E-state index is 13.6. The highest BCUT2D eigenvalue weighted by atomic mass is 16.6. The van der Waals surface area contributed by atoms with Gasteiger partial charge in [0.1, 0.15) is 23.5 Å². The molecule has 3 saturated heterocycles. The molecule has 0 bridgehead atoms. The van der Waals surface area contributed by atoms with Gasteiger partial charge in [0.05, 0.1) is 12.1 Å². The van der Waals surface area contributed by atoms with Gasteiger partial charge >= 0.3 is 12.1 Å². The van der Waals surface area contributed by atoms with Crippen LogP contribution in [0.3, 0.4) is 0 Å². The predicted molar refractivity (Wildman–Crippen MR) is 171 cm³/mol. The molecule has 1 aromatic heterocycles. The summed E-state index contributed by atoms with van der Waals surface area (Å²) < 4.78 is 11.0. The summed E-state index contributed by atoms with van der Waals surface area (Å²) in [5.74, 6) is -2.46. The molecule has 2 unspecified atom stereocenters. The van der Waals surface area contributed by atoms with E-state index in [1.807, 2.05) is 13.0 Å². The average Bonchev–Trinajstić information content (AvgIpc) is 3.54. The van der Waals surface area contributed by atoms with Crippen LogP contribution in [-0.4, -0.2) is 136 Å². The number of benzene rings is 1. The van der Waals surface area contributed by atoms with Crippen molar-refractivity contribution >= 4 is 46.6 Å². The lowest BCUT2D eigenvalue weighted by atomic mass is 10.1. The summed E-state index contributed by atoms with van der Waals surface area (Å²) in [5, 5.41) is 12.6. The lowest BCUT2D eigenvalue weighted by Crippen LogP contribution is -2.56. The second-order valence-electron chi connectivity index (χ2n) is 12.2. The number of amides is 5. The average molecular weight is 667 g/mol. The van der Waals surface area contributed by atoms with Gasteiger partial charge < -0.3 is 39.5 Å². The third-order valence-corrected chi connectivity index (χ3v) is 8.90. The maximum atomic E-state index is 13.6. The summed E-state index contributed by atoms with van der Waals surface area (Å²) in [5.41, 5.74) is 1.22. The van der Waals surface area contributed by atoms with Crippen LogP contribution in [0.4, 0.5) is 4.79 Å². The Bertz CT molecular complexity index is 1570. The van der Waals surface area contributed by atoms with Gasteiger partial charge in [-0.25, -0.2) is 9.78 Å². The van der Waals surface area contributed by atoms with Crippen LogP contribution in [0.1, 0.15) is 55.1 Å². The topological polar surface area (TPSA) is 179 Å². The van der Waals surface area contributed by atoms with Crippen molar-refractivity contribution in [3.8, 4) is 5.75 Å². The summed E-state index contributed by atoms with van der Waals surface area (Å²) in [6, 6.07) is 5.11. The van der Waals surface area contributed by atoms with Crippen LogP contribution in [-0.2, 0) is 23.9 Å². The Morgan fingerprint density at radius 1 is 0.958 bits per heavy atom. The Morgan fingerprint density at radius 2 is 1.69 bits per heavy atom. The molecule has 2 atom stereocenters. The SMILES string of the molecule is CCOC(=O)N1CCN(C(=O)C(CCC(=O)O)NC(=O)c2cc(OCC(=O)N3CCCC3C(=O)N3CCC3)c3ccc(C)cc3n2)CC1. The molecule has 0 spiro atoms. The molecule has 4 heterocycles. The zero-order valence-electron chi connectivity index (χ0n) is 27.3. The van der Waals surface area contributed by atoms with Crippen molar-refractivity contribution < 1.29 is 43.3 Å². The van der Waals surface area contributed by atoms with E-state index in [1.165, 1.54) is 15.9 Å². The van der Waals surface area contributed by atoms with Gasteiger partial charge in [-0.3, -0.25) is 24.0 Å². The van der Waals surface area contributed by atoms with Gasteiger partial charge in [0.25, 0.3) is 11.8 Å². The Labute approximate surface area is 278 Å². The standard InChI is InChI=1S/C33H42N6O9/c1-3-47-33(46)38-16-14-37(15-17-38)31(44)23(9-10-29(41)42)35-30(43)25-19-27(22-8-7-21(2)18-24(22)34-25)48-20-28(40)39-13-4-6-26(39)32(45)36-11-5-12-36/h7-8,18-19,23,26H,3-6,9-17,20H2,1-2H3,(H,35,43)(H,41,42). The fourth-order valence-corrected chi connectivity index (χ4v) is 6.14. The third-order valence-electron chi connectivity index (χ3n) is 8.90. The van der Waals surface area contributed by atoms with Gasteiger partial charge in [-0.05, 0) is 57.2 Å². The van der Waals surface area contributed by atoms with Crippen LogP contribution in [0, 0.1) is 6.92 Å². The van der Waals surface area contributed by atoms with E-state index < -0.39 is 36.0 Å². The Morgan fingerprint density at radius 3 is 2.35 bits per heavy atom. The van der Waals surface area contributed by atoms with Crippen LogP contribution in [0.5, 0.6) is 5.75 Å². The van der Waals surface area contributed by atoms with Gasteiger partial charge in [0.15, 0.2) is 6.61 Å². The molecule has 3 fully saturated rings. The highest BCUT2D eigenvalue weighted by molar-refractivity contribution is 5.99. The van der Waals surface area contributed by atoms with E-state index in [0.717, 1.165) is 18.4 Å². The minimum Gasteiger partial charge on any atom is -0.483 e. The lowest BCUT2D eigenvalue weighted by Gasteiger charge is -2.36. The lowest BCUT2D eigenvalue weighted by molar-refractivity contribution is -0.147. The van der Waals surface area contributed by atoms with Crippen LogP contribution >= 0.6 is 0 Å². The monoisotopic (exact) mass is 666 g/mol. The number of pyridine rings is 1. The molecule has 0 aliphatic carbocycles. The Hall–Kier alpha value is -4.95. The molecule has 0 saturated carbocycles. The van der Waals surface area contributed by atoms with Gasteiger partial charge in [-0.1, -0.05) is 6.07 Å². The molecule has 1 aromatic carbocycles. The van der Waals surface area contributed by atoms with Crippen molar-refractivity contribution in [2.24, 2.45) is 0 Å². The van der Waals surface area contributed by atoms with Crippen molar-refractivity contribution in [2.45, 2.75) is 58.0 Å². The third kappa shape index (κ3) is 7.94. The van der Waals surface area contributed by atoms with Crippen LogP contribution < -0.4 is 10.1 Å². The molecule has 48 heavy (non-hydrogen) atoms. The first kappa shape index (κ1) is 34.4. The van der Waals surface area contributed by atoms with E-state index in [1.54, 1.807) is 28.9 Å². The van der Waals surface area contributed by atoms with E-state index in [2.05, 4.69) is 10.3 Å². The molecule has 2 N–H and O–H groups in total. The molecule has 258 valence electrons. The fraction of sp³-hybridized carbons (Fsp3) is 0.545. The number of carbonyl (C=O) groups excluding carboxylic acids is 5. The number of carboxylic acids is 1. The second kappa shape index (κ2) is 15.3. The van der Waals surface area contributed by atoms with Crippen molar-refractivity contribution in [2.75, 3.05) is 59.0 Å². The number of hydrogen-bond donors (Lipinski definition) is 2. The first-order valence-corrected chi connectivity index (χ1v) is 16.4. The molecular formula is C33H42N6O9. The van der Waals surface area contributed by atoms with E-state index in [4.69, 9.17) is 9.47 Å². The van der Waals surface area contributed by atoms with Gasteiger partial charge in [0.2, 0.25) is 11.8 Å². The van der Waals surface area contributed by atoms with Crippen molar-refractivity contribution in [1.82, 2.24) is 29.9 Å². The Kier molecular flexibility index (Phi) is 11.0. The van der Waals surface area contributed by atoms with Gasteiger partial charge in [-0.15, -0.1) is 0 Å². The van der Waals surface area contributed by atoms with Crippen LogP contribution in [0.2, 0.25) is 0 Å². The number of ether oxygens (including phenoxy) is 2. The zero-order chi connectivity index (χ0) is 34.4. The number of aromatic nitrogens is 1. The molecule has 5 amide bonds. The van der Waals surface area contributed by atoms with Crippen LogP contribution in [0.15, 0.2) is 24.3 Å². The van der Waals surface area contributed by atoms with Crippen LogP contribution in [0.25, 0.3) is 10.9 Å². The largest absolute Gasteiger partial charge is 0.483 e. The molecule has 3 aliphatic heterocycles. The van der Waals surface area contributed by atoms with Gasteiger partial charge in [0, 0.05) is 63.7 Å². The summed E-state index contributed by atoms with van der Waals surface area (Å²) in [4.78, 5) is 87.6. The number of likely N-dealkylation sites (tertiary alicyclic amines) is 2. The van der Waals surface area contributed by atoms with E-state index in [9.17, 15) is 33.9 Å². The van der Waals surface area contributed by atoms with Gasteiger partial charge in [-0.2, -0.15) is 0 Å². The number of rotatable bonds is 11. The molecule has 2 aromatic rings. The second-order valence-corrected chi connectivity index (χ2v) is 12.2. The number of nitrogens with one attached hydrogen (secondary N) is 1. The highest BCUT2D eigenvalue weighted by Crippen LogP contribution is 2.28. The molecular weight excluding hydrogens is 624 g/mol. The number of hydrogen-bond acceptors (Lipinski definition) is 9. The quantitative estimate of drug-likeness (QED) is 0.356. The summed E-state index contributed by atoms with van der Waals surface area (Å²) >= 11 is 0. The van der Waals surface area contributed by atoms with E-state index in [0.29, 0.717) is 37.0 Å². The number of fused-ring (bicyclic) bond motifs is 1. The fourth-order valence-electron chi connectivity index (χ4n) is 6.14. The number of nitrogens with zero attached hydrogens (tertiary/aromatic N) is 5. The molecule has 15 heteroatoms. The number of piperazine rings is 1. The smallest absolute Gasteiger partial charge is 0.409 e. The first-order valence-electron chi connectivity index (χ1n) is 16.4. The number of carboxylic acid groups (broad SMARTS) is 1. The molecule has 15 nitrogen and oxygen atoms in total. The normalized spacial score (nSPS) is 18.2. The minimum atomic E-state index is -1.17. The first-order chi connectivity index (χ1) is 23.0.